The van der Waals surface area contributed by atoms with Gasteiger partial charge >= 0.3 is 0 Å². The zero-order chi connectivity index (χ0) is 12.7. The second kappa shape index (κ2) is 5.17. The maximum absolute atomic E-state index is 5.52. The molecule has 4 heteroatoms. The van der Waals surface area contributed by atoms with Crippen molar-refractivity contribution in [1.29, 1.82) is 0 Å². The highest BCUT2D eigenvalue weighted by Crippen LogP contribution is 2.43. The Balaban J connectivity index is 0.00000133. The average Bonchev–Trinajstić information content (AvgIpc) is 2.42. The number of rotatable bonds is 2. The van der Waals surface area contributed by atoms with Gasteiger partial charge in [0.25, 0.3) is 0 Å². The predicted molar refractivity (Wildman–Crippen MR) is 81.3 cm³/mol. The van der Waals surface area contributed by atoms with Crippen molar-refractivity contribution in [2.45, 2.75) is 6.42 Å². The quantitative estimate of drug-likeness (QED) is 0.842. The normalized spacial score (nSPS) is 13.1. The lowest BCUT2D eigenvalue weighted by Gasteiger charge is -2.28. The van der Waals surface area contributed by atoms with Crippen LogP contribution in [-0.2, 0) is 6.42 Å². The van der Waals surface area contributed by atoms with Crippen molar-refractivity contribution in [3.8, 4) is 11.5 Å². The molecule has 2 aromatic carbocycles. The summed E-state index contributed by atoms with van der Waals surface area (Å²) in [6, 6.07) is 8.45. The fourth-order valence-corrected chi connectivity index (χ4v) is 2.78. The van der Waals surface area contributed by atoms with E-state index in [1.165, 1.54) is 16.6 Å². The van der Waals surface area contributed by atoms with Crippen molar-refractivity contribution >= 4 is 28.9 Å². The van der Waals surface area contributed by atoms with Crippen molar-refractivity contribution in [3.63, 3.8) is 0 Å². The number of halogens is 1. The Bertz CT molecular complexity index is 613. The molecule has 0 aromatic heterocycles. The fraction of sp³-hybridized carbons (Fsp3) is 0.333. The zero-order valence-electron chi connectivity index (χ0n) is 11.4. The van der Waals surface area contributed by atoms with Gasteiger partial charge in [0.2, 0.25) is 0 Å². The average molecular weight is 280 g/mol. The highest BCUT2D eigenvalue weighted by atomic mass is 35.5. The molecule has 0 atom stereocenters. The van der Waals surface area contributed by atoms with E-state index in [2.05, 4.69) is 36.2 Å². The van der Waals surface area contributed by atoms with Gasteiger partial charge in [-0.15, -0.1) is 12.4 Å². The van der Waals surface area contributed by atoms with Crippen LogP contribution in [0.2, 0.25) is 0 Å². The van der Waals surface area contributed by atoms with Crippen LogP contribution < -0.4 is 14.4 Å². The number of likely N-dealkylation sites (N-methyl/N-ethyl adjacent to an activating group) is 1. The molecule has 19 heavy (non-hydrogen) atoms. The van der Waals surface area contributed by atoms with E-state index in [4.69, 9.17) is 9.47 Å². The van der Waals surface area contributed by atoms with E-state index in [-0.39, 0.29) is 12.4 Å². The molecule has 1 heterocycles. The Kier molecular flexibility index (Phi) is 3.76. The summed E-state index contributed by atoms with van der Waals surface area (Å²) in [7, 11) is 5.52. The summed E-state index contributed by atoms with van der Waals surface area (Å²) in [6.07, 6.45) is 1.05. The maximum atomic E-state index is 5.52. The van der Waals surface area contributed by atoms with Crippen molar-refractivity contribution in [3.05, 3.63) is 29.8 Å². The Morgan fingerprint density at radius 1 is 1.16 bits per heavy atom. The monoisotopic (exact) mass is 279 g/mol. The first-order valence-electron chi connectivity index (χ1n) is 6.14. The first-order chi connectivity index (χ1) is 8.76. The molecule has 3 nitrogen and oxygen atoms in total. The second-order valence-electron chi connectivity index (χ2n) is 4.64. The van der Waals surface area contributed by atoms with Gasteiger partial charge in [-0.1, -0.05) is 12.1 Å². The van der Waals surface area contributed by atoms with Crippen LogP contribution in [0.5, 0.6) is 11.5 Å². The van der Waals surface area contributed by atoms with Gasteiger partial charge in [-0.2, -0.15) is 0 Å². The molecule has 1 aliphatic heterocycles. The summed E-state index contributed by atoms with van der Waals surface area (Å²) in [5.41, 5.74) is 2.62. The number of nitrogens with zero attached hydrogens (tertiary/aromatic N) is 1. The predicted octanol–water partition coefficient (Wildman–Crippen LogP) is 3.27. The van der Waals surface area contributed by atoms with Crippen LogP contribution in [0.1, 0.15) is 5.56 Å². The van der Waals surface area contributed by atoms with Crippen molar-refractivity contribution in [2.24, 2.45) is 0 Å². The SMILES string of the molecule is COc1cc2c3c(cccc3c1OC)N(C)CC2.Cl. The molecule has 2 aromatic rings. The van der Waals surface area contributed by atoms with Gasteiger partial charge in [0.1, 0.15) is 0 Å². The van der Waals surface area contributed by atoms with Crippen molar-refractivity contribution in [2.75, 3.05) is 32.7 Å². The van der Waals surface area contributed by atoms with Crippen LogP contribution in [0, 0.1) is 0 Å². The highest BCUT2D eigenvalue weighted by molar-refractivity contribution is 6.02. The topological polar surface area (TPSA) is 21.7 Å². The summed E-state index contributed by atoms with van der Waals surface area (Å²) in [6.45, 7) is 1.04. The second-order valence-corrected chi connectivity index (χ2v) is 4.64. The molecule has 0 N–H and O–H groups in total. The van der Waals surface area contributed by atoms with Gasteiger partial charge in [0, 0.05) is 30.1 Å². The zero-order valence-corrected chi connectivity index (χ0v) is 12.2. The molecule has 0 bridgehead atoms. The summed E-state index contributed by atoms with van der Waals surface area (Å²) >= 11 is 0. The van der Waals surface area contributed by atoms with E-state index in [0.717, 1.165) is 29.9 Å². The van der Waals surface area contributed by atoms with E-state index < -0.39 is 0 Å². The summed E-state index contributed by atoms with van der Waals surface area (Å²) in [5, 5.41) is 2.43. The van der Waals surface area contributed by atoms with E-state index >= 15 is 0 Å². The standard InChI is InChI=1S/C15H17NO2.ClH/c1-16-8-7-10-9-13(17-2)15(18-3)11-5-4-6-12(16)14(10)11;/h4-6,9H,7-8H2,1-3H3;1H. The smallest absolute Gasteiger partial charge is 0.168 e. The number of methoxy groups -OCH3 is 2. The molecule has 0 saturated heterocycles. The lowest BCUT2D eigenvalue weighted by atomic mass is 9.95. The Labute approximate surface area is 119 Å². The van der Waals surface area contributed by atoms with E-state index in [9.17, 15) is 0 Å². The van der Waals surface area contributed by atoms with Crippen LogP contribution >= 0.6 is 12.4 Å². The van der Waals surface area contributed by atoms with Crippen molar-refractivity contribution < 1.29 is 9.47 Å². The van der Waals surface area contributed by atoms with E-state index in [1.807, 2.05) is 0 Å². The number of ether oxygens (including phenoxy) is 2. The third-order valence-corrected chi connectivity index (χ3v) is 3.69. The molecule has 0 saturated carbocycles. The Morgan fingerprint density at radius 2 is 1.95 bits per heavy atom. The van der Waals surface area contributed by atoms with Gasteiger partial charge in [0.05, 0.1) is 14.2 Å². The summed E-state index contributed by atoms with van der Waals surface area (Å²) in [4.78, 5) is 2.29. The lowest BCUT2D eigenvalue weighted by molar-refractivity contribution is 0.358. The van der Waals surface area contributed by atoms with Crippen LogP contribution in [0.3, 0.4) is 0 Å². The first-order valence-corrected chi connectivity index (χ1v) is 6.14. The molecule has 1 aliphatic rings. The fourth-order valence-electron chi connectivity index (χ4n) is 2.78. The molecule has 0 spiro atoms. The molecule has 3 rings (SSSR count). The number of hydrogen-bond donors (Lipinski definition) is 0. The van der Waals surface area contributed by atoms with Crippen LogP contribution in [0.4, 0.5) is 5.69 Å². The third-order valence-electron chi connectivity index (χ3n) is 3.69. The van der Waals surface area contributed by atoms with Gasteiger partial charge < -0.3 is 14.4 Å². The third kappa shape index (κ3) is 1.98. The molecular weight excluding hydrogens is 262 g/mol. The van der Waals surface area contributed by atoms with Gasteiger partial charge in [-0.3, -0.25) is 0 Å². The van der Waals surface area contributed by atoms with Crippen molar-refractivity contribution in [1.82, 2.24) is 0 Å². The maximum Gasteiger partial charge on any atom is 0.168 e. The molecule has 0 fully saturated rings. The number of anilines is 1. The first kappa shape index (κ1) is 13.8. The minimum Gasteiger partial charge on any atom is -0.493 e. The van der Waals surface area contributed by atoms with Gasteiger partial charge in [-0.25, -0.2) is 0 Å². The van der Waals surface area contributed by atoms with E-state index in [1.54, 1.807) is 14.2 Å². The van der Waals surface area contributed by atoms with Gasteiger partial charge in [-0.05, 0) is 24.1 Å². The number of benzene rings is 2. The molecule has 102 valence electrons. The minimum absolute atomic E-state index is 0. The van der Waals surface area contributed by atoms with Gasteiger partial charge in [0.15, 0.2) is 11.5 Å². The van der Waals surface area contributed by atoms with Crippen LogP contribution in [0.25, 0.3) is 10.8 Å². The summed E-state index contributed by atoms with van der Waals surface area (Å²) < 4.78 is 11.0. The van der Waals surface area contributed by atoms with Crippen LogP contribution in [0.15, 0.2) is 24.3 Å². The highest BCUT2D eigenvalue weighted by Gasteiger charge is 2.20. The molecule has 0 radical (unpaired) electrons. The number of hydrogen-bond acceptors (Lipinski definition) is 3. The Morgan fingerprint density at radius 3 is 2.63 bits per heavy atom. The molecule has 0 aliphatic carbocycles. The summed E-state index contributed by atoms with van der Waals surface area (Å²) in [5.74, 6) is 1.65. The van der Waals surface area contributed by atoms with Crippen LogP contribution in [-0.4, -0.2) is 27.8 Å². The Hall–Kier alpha value is -1.61. The molecular formula is C15H18ClNO2. The minimum atomic E-state index is 0. The molecule has 0 amide bonds. The largest absolute Gasteiger partial charge is 0.493 e. The molecule has 0 unspecified atom stereocenters. The van der Waals surface area contributed by atoms with E-state index in [0.29, 0.717) is 0 Å². The lowest BCUT2D eigenvalue weighted by Crippen LogP contribution is -2.24.